The predicted octanol–water partition coefficient (Wildman–Crippen LogP) is 1.48. The van der Waals surface area contributed by atoms with E-state index in [0.29, 0.717) is 0 Å². The molecule has 0 aromatic rings. The molecule has 1 aliphatic carbocycles. The topological polar surface area (TPSA) is 44.8 Å². The second-order valence-electron chi connectivity index (χ2n) is 3.13. The van der Waals surface area contributed by atoms with Crippen LogP contribution in [0.3, 0.4) is 0 Å². The molecule has 0 unspecified atom stereocenters. The molecule has 0 amide bonds. The molecular formula is C10H15ClO4. The van der Waals surface area contributed by atoms with Gasteiger partial charge in [0.1, 0.15) is 5.03 Å². The van der Waals surface area contributed by atoms with E-state index < -0.39 is 5.97 Å². The number of methoxy groups -OCH3 is 1. The molecule has 86 valence electrons. The van der Waals surface area contributed by atoms with Gasteiger partial charge < -0.3 is 14.2 Å². The summed E-state index contributed by atoms with van der Waals surface area (Å²) < 4.78 is 14.3. The summed E-state index contributed by atoms with van der Waals surface area (Å²) in [7, 11) is 1.33. The lowest BCUT2D eigenvalue weighted by Crippen LogP contribution is -2.16. The molecule has 0 spiro atoms. The SMILES string of the molecule is C1COCCO1.COC(=O)C(Cl)=C1CC1. The third-order valence-corrected chi connectivity index (χ3v) is 2.34. The van der Waals surface area contributed by atoms with Crippen LogP contribution in [0.2, 0.25) is 0 Å². The average molecular weight is 235 g/mol. The van der Waals surface area contributed by atoms with Crippen molar-refractivity contribution >= 4 is 17.6 Å². The molecule has 0 aromatic heterocycles. The summed E-state index contributed by atoms with van der Waals surface area (Å²) in [6.07, 6.45) is 1.90. The van der Waals surface area contributed by atoms with Crippen LogP contribution in [0.15, 0.2) is 10.6 Å². The Labute approximate surface area is 94.1 Å². The highest BCUT2D eigenvalue weighted by molar-refractivity contribution is 6.41. The van der Waals surface area contributed by atoms with Crippen LogP contribution in [0.1, 0.15) is 12.8 Å². The number of hydrogen-bond acceptors (Lipinski definition) is 4. The molecule has 1 heterocycles. The Bertz CT molecular complexity index is 228. The summed E-state index contributed by atoms with van der Waals surface area (Å²) in [6.45, 7) is 3.11. The number of esters is 1. The Morgan fingerprint density at radius 1 is 1.20 bits per heavy atom. The van der Waals surface area contributed by atoms with Gasteiger partial charge in [-0.15, -0.1) is 0 Å². The fourth-order valence-electron chi connectivity index (χ4n) is 0.956. The van der Waals surface area contributed by atoms with Crippen molar-refractivity contribution in [2.24, 2.45) is 0 Å². The Kier molecular flexibility index (Phi) is 5.68. The van der Waals surface area contributed by atoms with Crippen LogP contribution < -0.4 is 0 Å². The van der Waals surface area contributed by atoms with Crippen LogP contribution in [0.25, 0.3) is 0 Å². The molecule has 0 N–H and O–H groups in total. The Balaban J connectivity index is 0.000000162. The quantitative estimate of drug-likeness (QED) is 0.509. The number of allylic oxidation sites excluding steroid dienone is 1. The average Bonchev–Trinajstić information content (AvgIpc) is 3.14. The third-order valence-electron chi connectivity index (χ3n) is 1.92. The van der Waals surface area contributed by atoms with Crippen molar-refractivity contribution in [3.63, 3.8) is 0 Å². The summed E-state index contributed by atoms with van der Waals surface area (Å²) in [5.41, 5.74) is 1.02. The molecule has 1 aliphatic heterocycles. The van der Waals surface area contributed by atoms with Gasteiger partial charge in [0.25, 0.3) is 0 Å². The molecular weight excluding hydrogens is 220 g/mol. The van der Waals surface area contributed by atoms with E-state index >= 15 is 0 Å². The minimum atomic E-state index is -0.413. The highest BCUT2D eigenvalue weighted by atomic mass is 35.5. The lowest BCUT2D eigenvalue weighted by atomic mass is 10.5. The van der Waals surface area contributed by atoms with Crippen molar-refractivity contribution in [2.75, 3.05) is 33.5 Å². The van der Waals surface area contributed by atoms with Crippen molar-refractivity contribution in [1.82, 2.24) is 0 Å². The van der Waals surface area contributed by atoms with Crippen molar-refractivity contribution < 1.29 is 19.0 Å². The molecule has 0 radical (unpaired) electrons. The van der Waals surface area contributed by atoms with E-state index in [2.05, 4.69) is 4.74 Å². The summed E-state index contributed by atoms with van der Waals surface area (Å²) >= 11 is 5.53. The van der Waals surface area contributed by atoms with E-state index in [1.807, 2.05) is 0 Å². The number of ether oxygens (including phenoxy) is 3. The zero-order valence-corrected chi connectivity index (χ0v) is 9.51. The summed E-state index contributed by atoms with van der Waals surface area (Å²) in [4.78, 5) is 10.6. The molecule has 4 nitrogen and oxygen atoms in total. The Morgan fingerprint density at radius 2 is 1.67 bits per heavy atom. The van der Waals surface area contributed by atoms with Gasteiger partial charge in [-0.3, -0.25) is 0 Å². The first-order valence-corrected chi connectivity index (χ1v) is 5.25. The van der Waals surface area contributed by atoms with Crippen LogP contribution in [0.5, 0.6) is 0 Å². The van der Waals surface area contributed by atoms with Gasteiger partial charge >= 0.3 is 5.97 Å². The number of carbonyl (C=O) groups excluding carboxylic acids is 1. The molecule has 0 atom stereocenters. The van der Waals surface area contributed by atoms with Crippen molar-refractivity contribution in [2.45, 2.75) is 12.8 Å². The van der Waals surface area contributed by atoms with Gasteiger partial charge in [0.15, 0.2) is 0 Å². The van der Waals surface area contributed by atoms with E-state index in [-0.39, 0.29) is 5.03 Å². The lowest BCUT2D eigenvalue weighted by molar-refractivity contribution is -0.135. The largest absolute Gasteiger partial charge is 0.465 e. The fourth-order valence-corrected chi connectivity index (χ4v) is 1.22. The minimum absolute atomic E-state index is 0.275. The van der Waals surface area contributed by atoms with Gasteiger partial charge in [0.05, 0.1) is 33.5 Å². The minimum Gasteiger partial charge on any atom is -0.465 e. The van der Waals surface area contributed by atoms with Gasteiger partial charge in [0.2, 0.25) is 0 Å². The molecule has 0 aromatic carbocycles. The Morgan fingerprint density at radius 3 is 1.93 bits per heavy atom. The maximum atomic E-state index is 10.6. The van der Waals surface area contributed by atoms with Crippen LogP contribution in [-0.2, 0) is 19.0 Å². The maximum absolute atomic E-state index is 10.6. The lowest BCUT2D eigenvalue weighted by Gasteiger charge is -2.09. The van der Waals surface area contributed by atoms with Crippen molar-refractivity contribution in [1.29, 1.82) is 0 Å². The number of hydrogen-bond donors (Lipinski definition) is 0. The van der Waals surface area contributed by atoms with E-state index in [9.17, 15) is 4.79 Å². The van der Waals surface area contributed by atoms with Crippen molar-refractivity contribution in [3.8, 4) is 0 Å². The normalized spacial score (nSPS) is 18.7. The number of rotatable bonds is 1. The number of halogens is 1. The number of carbonyl (C=O) groups is 1. The van der Waals surface area contributed by atoms with Crippen molar-refractivity contribution in [3.05, 3.63) is 10.6 Å². The molecule has 15 heavy (non-hydrogen) atoms. The molecule has 2 fully saturated rings. The molecule has 2 aliphatic rings. The molecule has 5 heteroatoms. The standard InChI is InChI=1S/C6H7ClO2.C4H8O2/c1-9-6(8)5(7)4-2-3-4;1-2-6-4-3-5-1/h2-3H2,1H3;1-4H2. The van der Waals surface area contributed by atoms with Gasteiger partial charge in [-0.1, -0.05) is 11.6 Å². The predicted molar refractivity (Wildman–Crippen MR) is 55.8 cm³/mol. The van der Waals surface area contributed by atoms with Gasteiger partial charge in [-0.05, 0) is 18.4 Å². The fraction of sp³-hybridized carbons (Fsp3) is 0.700. The highest BCUT2D eigenvalue weighted by Gasteiger charge is 2.21. The van der Waals surface area contributed by atoms with Gasteiger partial charge in [-0.2, -0.15) is 0 Å². The first kappa shape index (κ1) is 12.5. The summed E-state index contributed by atoms with van der Waals surface area (Å²) in [5, 5.41) is 0.275. The highest BCUT2D eigenvalue weighted by Crippen LogP contribution is 2.33. The monoisotopic (exact) mass is 234 g/mol. The first-order valence-electron chi connectivity index (χ1n) is 4.87. The van der Waals surface area contributed by atoms with Crippen LogP contribution >= 0.6 is 11.6 Å². The Hall–Kier alpha value is -0.580. The van der Waals surface area contributed by atoms with E-state index in [0.717, 1.165) is 44.8 Å². The smallest absolute Gasteiger partial charge is 0.349 e. The van der Waals surface area contributed by atoms with Crippen LogP contribution in [-0.4, -0.2) is 39.5 Å². The van der Waals surface area contributed by atoms with Crippen LogP contribution in [0.4, 0.5) is 0 Å². The van der Waals surface area contributed by atoms with E-state index in [1.165, 1.54) is 7.11 Å². The van der Waals surface area contributed by atoms with Crippen LogP contribution in [0, 0.1) is 0 Å². The molecule has 1 saturated carbocycles. The third kappa shape index (κ3) is 5.16. The molecule has 1 saturated heterocycles. The maximum Gasteiger partial charge on any atom is 0.349 e. The molecule has 2 rings (SSSR count). The second kappa shape index (κ2) is 6.82. The summed E-state index contributed by atoms with van der Waals surface area (Å²) in [6, 6.07) is 0. The van der Waals surface area contributed by atoms with Gasteiger partial charge in [-0.25, -0.2) is 4.79 Å². The van der Waals surface area contributed by atoms with E-state index in [1.54, 1.807) is 0 Å². The summed E-state index contributed by atoms with van der Waals surface area (Å²) in [5.74, 6) is -0.413. The zero-order valence-electron chi connectivity index (χ0n) is 8.75. The second-order valence-corrected chi connectivity index (χ2v) is 3.51. The molecule has 0 bridgehead atoms. The first-order chi connectivity index (χ1) is 7.25. The zero-order chi connectivity index (χ0) is 11.1. The van der Waals surface area contributed by atoms with E-state index in [4.69, 9.17) is 21.1 Å². The van der Waals surface area contributed by atoms with Gasteiger partial charge in [0, 0.05) is 0 Å².